The number of nitrogens with zero attached hydrogens (tertiary/aromatic N) is 5. The molecule has 3 heterocycles. The lowest BCUT2D eigenvalue weighted by Gasteiger charge is -2.31. The van der Waals surface area contributed by atoms with Gasteiger partial charge in [-0.25, -0.2) is 4.68 Å². The van der Waals surface area contributed by atoms with Crippen LogP contribution in [0.15, 0.2) is 4.52 Å². The zero-order valence-corrected chi connectivity index (χ0v) is 14.6. The molecule has 0 unspecified atom stereocenters. The van der Waals surface area contributed by atoms with Crippen molar-refractivity contribution in [1.82, 2.24) is 25.1 Å². The molecular weight excluding hydrogens is 320 g/mol. The topological polar surface area (TPSA) is 103 Å². The Morgan fingerprint density at radius 3 is 2.80 bits per heavy atom. The molecule has 134 valence electrons. The minimum atomic E-state index is -0.0361. The van der Waals surface area contributed by atoms with E-state index < -0.39 is 0 Å². The van der Waals surface area contributed by atoms with Crippen LogP contribution in [-0.2, 0) is 26.4 Å². The Balaban J connectivity index is 1.46. The van der Waals surface area contributed by atoms with E-state index in [9.17, 15) is 4.79 Å². The Hall–Kier alpha value is -2.22. The number of likely N-dealkylation sites (tertiary alicyclic amines) is 1. The van der Waals surface area contributed by atoms with E-state index in [4.69, 9.17) is 10.3 Å². The standard InChI is InChI=1S/C17H24N6O2/c1-22-15(14(10-18)19-21-22)17(24)23-8-6-11(7-9-23)16-12-4-2-3-5-13(12)20-25-16/h11H,2-10,18H2,1H3. The molecule has 1 saturated heterocycles. The quantitative estimate of drug-likeness (QED) is 0.896. The van der Waals surface area contributed by atoms with E-state index in [0.717, 1.165) is 37.1 Å². The number of amides is 1. The first-order chi connectivity index (χ1) is 12.2. The molecule has 1 amide bonds. The molecule has 0 spiro atoms. The first kappa shape index (κ1) is 16.3. The summed E-state index contributed by atoms with van der Waals surface area (Å²) in [6, 6.07) is 0. The van der Waals surface area contributed by atoms with Crippen LogP contribution in [0.3, 0.4) is 0 Å². The summed E-state index contributed by atoms with van der Waals surface area (Å²) in [6.45, 7) is 1.62. The van der Waals surface area contributed by atoms with Gasteiger partial charge < -0.3 is 15.2 Å². The van der Waals surface area contributed by atoms with Crippen LogP contribution in [0.4, 0.5) is 0 Å². The summed E-state index contributed by atoms with van der Waals surface area (Å²) in [4.78, 5) is 14.7. The number of piperidine rings is 1. The second-order valence-corrected chi connectivity index (χ2v) is 6.96. The fraction of sp³-hybridized carbons (Fsp3) is 0.647. The smallest absolute Gasteiger partial charge is 0.274 e. The molecule has 1 aliphatic heterocycles. The predicted octanol–water partition coefficient (Wildman–Crippen LogP) is 1.16. The summed E-state index contributed by atoms with van der Waals surface area (Å²) in [5.74, 6) is 1.38. The van der Waals surface area contributed by atoms with E-state index in [1.807, 2.05) is 4.90 Å². The third kappa shape index (κ3) is 2.84. The van der Waals surface area contributed by atoms with Crippen LogP contribution >= 0.6 is 0 Å². The molecule has 8 nitrogen and oxygen atoms in total. The van der Waals surface area contributed by atoms with Gasteiger partial charge in [0.25, 0.3) is 5.91 Å². The van der Waals surface area contributed by atoms with E-state index in [-0.39, 0.29) is 12.5 Å². The third-order valence-electron chi connectivity index (χ3n) is 5.44. The fourth-order valence-corrected chi connectivity index (χ4v) is 4.03. The van der Waals surface area contributed by atoms with Crippen molar-refractivity contribution in [1.29, 1.82) is 0 Å². The summed E-state index contributed by atoms with van der Waals surface area (Å²) in [5, 5.41) is 12.2. The molecule has 0 radical (unpaired) electrons. The summed E-state index contributed by atoms with van der Waals surface area (Å²) in [7, 11) is 1.73. The largest absolute Gasteiger partial charge is 0.361 e. The van der Waals surface area contributed by atoms with E-state index in [1.165, 1.54) is 23.1 Å². The Labute approximate surface area is 146 Å². The minimum absolute atomic E-state index is 0.0361. The number of hydrogen-bond acceptors (Lipinski definition) is 6. The van der Waals surface area contributed by atoms with Crippen molar-refractivity contribution in [2.75, 3.05) is 13.1 Å². The van der Waals surface area contributed by atoms with Crippen molar-refractivity contribution in [3.8, 4) is 0 Å². The van der Waals surface area contributed by atoms with E-state index in [0.29, 0.717) is 30.4 Å². The number of aromatic nitrogens is 4. The van der Waals surface area contributed by atoms with E-state index in [2.05, 4.69) is 15.5 Å². The van der Waals surface area contributed by atoms with Crippen LogP contribution in [0, 0.1) is 0 Å². The van der Waals surface area contributed by atoms with Crippen molar-refractivity contribution in [2.45, 2.75) is 51.0 Å². The maximum atomic E-state index is 12.8. The lowest BCUT2D eigenvalue weighted by Crippen LogP contribution is -2.39. The summed E-state index contributed by atoms with van der Waals surface area (Å²) < 4.78 is 7.20. The zero-order chi connectivity index (χ0) is 17.4. The van der Waals surface area contributed by atoms with Crippen molar-refractivity contribution in [3.63, 3.8) is 0 Å². The van der Waals surface area contributed by atoms with Gasteiger partial charge in [0.1, 0.15) is 11.5 Å². The SMILES string of the molecule is Cn1nnc(CN)c1C(=O)N1CCC(c2onc3c2CCCC3)CC1. The second-order valence-electron chi connectivity index (χ2n) is 6.96. The van der Waals surface area contributed by atoms with Gasteiger partial charge in [0.2, 0.25) is 0 Å². The molecule has 2 aromatic heterocycles. The lowest BCUT2D eigenvalue weighted by molar-refractivity contribution is 0.0693. The summed E-state index contributed by atoms with van der Waals surface area (Å²) in [6.07, 6.45) is 6.33. The number of nitrogens with two attached hydrogens (primary N) is 1. The number of fused-ring (bicyclic) bond motifs is 1. The maximum Gasteiger partial charge on any atom is 0.274 e. The van der Waals surface area contributed by atoms with Crippen LogP contribution in [0.2, 0.25) is 0 Å². The monoisotopic (exact) mass is 344 g/mol. The number of aryl methyl sites for hydroxylation is 2. The normalized spacial score (nSPS) is 18.4. The van der Waals surface area contributed by atoms with Crippen LogP contribution in [0.5, 0.6) is 0 Å². The molecule has 0 aromatic carbocycles. The number of carbonyl (C=O) groups is 1. The van der Waals surface area contributed by atoms with Gasteiger partial charge in [-0.2, -0.15) is 0 Å². The molecule has 0 saturated carbocycles. The summed E-state index contributed by atoms with van der Waals surface area (Å²) >= 11 is 0. The first-order valence-corrected chi connectivity index (χ1v) is 9.04. The van der Waals surface area contributed by atoms with Gasteiger partial charge >= 0.3 is 0 Å². The Bertz CT molecular complexity index is 772. The second kappa shape index (κ2) is 6.59. The molecule has 2 aliphatic rings. The van der Waals surface area contributed by atoms with Gasteiger partial charge in [0.15, 0.2) is 5.69 Å². The number of rotatable bonds is 3. The van der Waals surface area contributed by atoms with Gasteiger partial charge in [0.05, 0.1) is 5.69 Å². The highest BCUT2D eigenvalue weighted by atomic mass is 16.5. The number of carbonyl (C=O) groups excluding carboxylic acids is 1. The Morgan fingerprint density at radius 1 is 1.28 bits per heavy atom. The molecule has 0 bridgehead atoms. The van der Waals surface area contributed by atoms with Crippen molar-refractivity contribution in [2.24, 2.45) is 12.8 Å². The average molecular weight is 344 g/mol. The van der Waals surface area contributed by atoms with Gasteiger partial charge in [-0.15, -0.1) is 5.10 Å². The molecule has 25 heavy (non-hydrogen) atoms. The minimum Gasteiger partial charge on any atom is -0.361 e. The van der Waals surface area contributed by atoms with Crippen LogP contribution in [0.1, 0.15) is 64.8 Å². The highest BCUT2D eigenvalue weighted by molar-refractivity contribution is 5.93. The van der Waals surface area contributed by atoms with Crippen LogP contribution < -0.4 is 5.73 Å². The van der Waals surface area contributed by atoms with Crippen molar-refractivity contribution < 1.29 is 9.32 Å². The van der Waals surface area contributed by atoms with Gasteiger partial charge in [0, 0.05) is 38.2 Å². The molecular formula is C17H24N6O2. The van der Waals surface area contributed by atoms with Gasteiger partial charge in [-0.05, 0) is 38.5 Å². The van der Waals surface area contributed by atoms with E-state index in [1.54, 1.807) is 7.05 Å². The van der Waals surface area contributed by atoms with Gasteiger partial charge in [-0.1, -0.05) is 10.4 Å². The molecule has 1 aliphatic carbocycles. The Kier molecular flexibility index (Phi) is 4.29. The maximum absolute atomic E-state index is 12.8. The number of hydrogen-bond donors (Lipinski definition) is 1. The molecule has 0 atom stereocenters. The third-order valence-corrected chi connectivity index (χ3v) is 5.44. The van der Waals surface area contributed by atoms with Crippen molar-refractivity contribution >= 4 is 5.91 Å². The van der Waals surface area contributed by atoms with Gasteiger partial charge in [-0.3, -0.25) is 4.79 Å². The molecule has 8 heteroatoms. The molecule has 2 aromatic rings. The van der Waals surface area contributed by atoms with Crippen LogP contribution in [0.25, 0.3) is 0 Å². The Morgan fingerprint density at radius 2 is 2.04 bits per heavy atom. The highest BCUT2D eigenvalue weighted by Gasteiger charge is 2.32. The molecule has 4 rings (SSSR count). The zero-order valence-electron chi connectivity index (χ0n) is 14.6. The molecule has 2 N–H and O–H groups in total. The molecule has 1 fully saturated rings. The fourth-order valence-electron chi connectivity index (χ4n) is 4.03. The van der Waals surface area contributed by atoms with Crippen LogP contribution in [-0.4, -0.2) is 44.0 Å². The first-order valence-electron chi connectivity index (χ1n) is 9.04. The lowest BCUT2D eigenvalue weighted by atomic mass is 9.87. The van der Waals surface area contributed by atoms with E-state index >= 15 is 0 Å². The summed E-state index contributed by atoms with van der Waals surface area (Å²) in [5.41, 5.74) is 9.21. The predicted molar refractivity (Wildman–Crippen MR) is 89.9 cm³/mol. The highest BCUT2D eigenvalue weighted by Crippen LogP contribution is 2.35. The average Bonchev–Trinajstić information content (AvgIpc) is 3.24. The van der Waals surface area contributed by atoms with Crippen molar-refractivity contribution in [3.05, 3.63) is 28.4 Å².